The molecule has 0 amide bonds. The van der Waals surface area contributed by atoms with Crippen LogP contribution in [0.1, 0.15) is 5.56 Å². The van der Waals surface area contributed by atoms with E-state index >= 15 is 0 Å². The van der Waals surface area contributed by atoms with Crippen LogP contribution in [0, 0.1) is 0 Å². The van der Waals surface area contributed by atoms with E-state index in [1.165, 1.54) is 18.2 Å². The van der Waals surface area contributed by atoms with E-state index in [0.29, 0.717) is 5.56 Å². The molecule has 0 aromatic heterocycles. The number of benzene rings is 1. The van der Waals surface area contributed by atoms with Gasteiger partial charge < -0.3 is 24.6 Å². The Hall–Kier alpha value is 0.970. The van der Waals surface area contributed by atoms with Crippen LogP contribution in [0.25, 0.3) is 0 Å². The zero-order valence-electron chi connectivity index (χ0n) is 9.21. The third kappa shape index (κ3) is 7.33. The van der Waals surface area contributed by atoms with Gasteiger partial charge in [0.25, 0.3) is 0 Å². The van der Waals surface area contributed by atoms with Gasteiger partial charge in [-0.2, -0.15) is 0 Å². The third-order valence-corrected chi connectivity index (χ3v) is 2.49. The van der Waals surface area contributed by atoms with Crippen LogP contribution in [0.3, 0.4) is 0 Å². The smallest absolute Gasteiger partial charge is 0.811 e. The van der Waals surface area contributed by atoms with E-state index in [4.69, 9.17) is 10.2 Å². The molecule has 0 aliphatic carbocycles. The molecule has 1 aromatic carbocycles. The molecule has 2 N–H and O–H groups in total. The van der Waals surface area contributed by atoms with Gasteiger partial charge >= 0.3 is 59.1 Å². The molecule has 8 heteroatoms. The van der Waals surface area contributed by atoms with Crippen LogP contribution in [0.15, 0.2) is 18.2 Å². The van der Waals surface area contributed by atoms with Crippen LogP contribution < -0.4 is 68.9 Å². The summed E-state index contributed by atoms with van der Waals surface area (Å²) in [6, 6.07) is 3.92. The first-order valence-corrected chi connectivity index (χ1v) is 5.63. The minimum atomic E-state index is -4.50. The van der Waals surface area contributed by atoms with Crippen molar-refractivity contribution >= 4 is 7.60 Å². The molecular formula is C8H9Na2O5P. The summed E-state index contributed by atoms with van der Waals surface area (Å²) < 4.78 is 10.3. The van der Waals surface area contributed by atoms with Crippen molar-refractivity contribution in [1.29, 1.82) is 0 Å². The maximum absolute atomic E-state index is 10.3. The molecule has 0 spiro atoms. The zero-order chi connectivity index (χ0) is 10.8. The predicted molar refractivity (Wildman–Crippen MR) is 45.9 cm³/mol. The van der Waals surface area contributed by atoms with Gasteiger partial charge in [-0.05, 0) is 30.3 Å². The van der Waals surface area contributed by atoms with Crippen LogP contribution in [-0.4, -0.2) is 16.4 Å². The molecule has 0 atom stereocenters. The van der Waals surface area contributed by atoms with Gasteiger partial charge in [0.05, 0.1) is 0 Å². The second kappa shape index (κ2) is 8.14. The number of phenols is 2. The summed E-state index contributed by atoms with van der Waals surface area (Å²) in [4.78, 5) is 20.6. The molecule has 0 fully saturated rings. The van der Waals surface area contributed by atoms with Crippen molar-refractivity contribution in [2.24, 2.45) is 0 Å². The van der Waals surface area contributed by atoms with Crippen LogP contribution in [-0.2, 0) is 11.0 Å². The first kappa shape index (κ1) is 19.3. The molecule has 0 bridgehead atoms. The first-order chi connectivity index (χ1) is 6.38. The maximum Gasteiger partial charge on any atom is 1.00 e. The van der Waals surface area contributed by atoms with Crippen LogP contribution in [0.5, 0.6) is 11.5 Å². The van der Waals surface area contributed by atoms with Gasteiger partial charge in [-0.25, -0.2) is 0 Å². The second-order valence-electron chi connectivity index (χ2n) is 2.91. The minimum Gasteiger partial charge on any atom is -0.811 e. The van der Waals surface area contributed by atoms with Gasteiger partial charge in [0.1, 0.15) is 0 Å². The summed E-state index contributed by atoms with van der Waals surface area (Å²) in [5, 5.41) is 18.0. The summed E-state index contributed by atoms with van der Waals surface area (Å²) in [5.74, 6) is -0.602. The molecule has 0 heterocycles. The van der Waals surface area contributed by atoms with E-state index in [-0.39, 0.29) is 77.0 Å². The van der Waals surface area contributed by atoms with Gasteiger partial charge in [0.15, 0.2) is 11.5 Å². The summed E-state index contributed by atoms with van der Waals surface area (Å²) in [6.45, 7) is 0. The number of aromatic hydroxyl groups is 2. The largest absolute Gasteiger partial charge is 1.00 e. The van der Waals surface area contributed by atoms with Gasteiger partial charge in [-0.1, -0.05) is 13.7 Å². The van der Waals surface area contributed by atoms with Crippen molar-refractivity contribution < 1.29 is 83.7 Å². The van der Waals surface area contributed by atoms with Crippen LogP contribution >= 0.6 is 7.60 Å². The van der Waals surface area contributed by atoms with Gasteiger partial charge in [0.2, 0.25) is 0 Å². The normalized spacial score (nSPS) is 10.1. The molecule has 5 nitrogen and oxygen atoms in total. The quantitative estimate of drug-likeness (QED) is 0.320. The molecule has 0 saturated heterocycles. The summed E-state index contributed by atoms with van der Waals surface area (Å²) >= 11 is 0. The maximum atomic E-state index is 10.3. The Bertz CT molecular complexity index is 379. The Morgan fingerprint density at radius 3 is 2.12 bits per heavy atom. The Balaban J connectivity index is 0. The molecule has 16 heavy (non-hydrogen) atoms. The van der Waals surface area contributed by atoms with Crippen molar-refractivity contribution in [3.05, 3.63) is 23.8 Å². The molecule has 0 unspecified atom stereocenters. The van der Waals surface area contributed by atoms with E-state index in [2.05, 4.69) is 0 Å². The van der Waals surface area contributed by atoms with E-state index in [9.17, 15) is 14.4 Å². The van der Waals surface area contributed by atoms with Crippen molar-refractivity contribution in [3.8, 4) is 11.5 Å². The molecular weight excluding hydrogens is 253 g/mol. The Morgan fingerprint density at radius 1 is 1.12 bits per heavy atom. The molecule has 78 valence electrons. The predicted octanol–water partition coefficient (Wildman–Crippen LogP) is -6.44. The molecule has 1 aromatic rings. The zero-order valence-corrected chi connectivity index (χ0v) is 14.1. The molecule has 0 aliphatic heterocycles. The van der Waals surface area contributed by atoms with E-state index in [0.717, 1.165) is 0 Å². The van der Waals surface area contributed by atoms with E-state index < -0.39 is 13.8 Å². The number of aryl methyl sites for hydroxylation is 1. The molecule has 0 saturated carbocycles. The summed E-state index contributed by atoms with van der Waals surface area (Å²) in [7, 11) is -4.50. The topological polar surface area (TPSA) is 104 Å². The second-order valence-corrected chi connectivity index (χ2v) is 4.58. The van der Waals surface area contributed by atoms with E-state index in [1.807, 2.05) is 0 Å². The first-order valence-electron chi connectivity index (χ1n) is 3.90. The average Bonchev–Trinajstić information content (AvgIpc) is 2.06. The Kier molecular flexibility index (Phi) is 9.82. The SMILES string of the molecule is O=P([O-])([O-])CCc1ccc(O)c(O)c1.[Na+].[Na+]. The van der Waals surface area contributed by atoms with Gasteiger partial charge in [0, 0.05) is 0 Å². The third-order valence-electron chi connectivity index (χ3n) is 1.71. The average molecular weight is 262 g/mol. The van der Waals surface area contributed by atoms with Crippen molar-refractivity contribution in [2.75, 3.05) is 6.16 Å². The van der Waals surface area contributed by atoms with Gasteiger partial charge in [-0.3, -0.25) is 0 Å². The van der Waals surface area contributed by atoms with Crippen LogP contribution in [0.4, 0.5) is 0 Å². The Morgan fingerprint density at radius 2 is 1.69 bits per heavy atom. The molecule has 1 rings (SSSR count). The Labute approximate surface area is 138 Å². The summed E-state index contributed by atoms with van der Waals surface area (Å²) in [5.41, 5.74) is 0.493. The van der Waals surface area contributed by atoms with Crippen LogP contribution in [0.2, 0.25) is 0 Å². The summed E-state index contributed by atoms with van der Waals surface area (Å²) in [6.07, 6.45) is -0.449. The number of rotatable bonds is 3. The van der Waals surface area contributed by atoms with E-state index in [1.54, 1.807) is 0 Å². The molecule has 0 aliphatic rings. The number of phenolic OH excluding ortho intramolecular Hbond substituents is 2. The van der Waals surface area contributed by atoms with Crippen molar-refractivity contribution in [3.63, 3.8) is 0 Å². The fourth-order valence-corrected chi connectivity index (χ4v) is 1.52. The van der Waals surface area contributed by atoms with Gasteiger partial charge in [-0.15, -0.1) is 0 Å². The number of hydrogen-bond acceptors (Lipinski definition) is 5. The monoisotopic (exact) mass is 262 g/mol. The minimum absolute atomic E-state index is 0. The standard InChI is InChI=1S/C8H11O5P.2Na/c9-7-2-1-6(5-8(7)10)3-4-14(11,12)13;;/h1-2,5,9-10H,3-4H2,(H2,11,12,13);;/q;2*+1/p-2. The fourth-order valence-electron chi connectivity index (χ4n) is 0.991. The number of hydrogen-bond donors (Lipinski definition) is 2. The van der Waals surface area contributed by atoms with Crippen molar-refractivity contribution in [1.82, 2.24) is 0 Å². The fraction of sp³-hybridized carbons (Fsp3) is 0.250. The molecule has 0 radical (unpaired) electrons. The van der Waals surface area contributed by atoms with Crippen molar-refractivity contribution in [2.45, 2.75) is 6.42 Å².